The molecule has 1 saturated carbocycles. The fourth-order valence-corrected chi connectivity index (χ4v) is 4.23. The molecular formula is C23H28N8O6. The van der Waals surface area contributed by atoms with Crippen LogP contribution in [-0.4, -0.2) is 67.9 Å². The van der Waals surface area contributed by atoms with Crippen molar-refractivity contribution < 1.29 is 24.2 Å². The summed E-state index contributed by atoms with van der Waals surface area (Å²) in [6, 6.07) is 3.29. The van der Waals surface area contributed by atoms with E-state index in [1.54, 1.807) is 12.3 Å². The van der Waals surface area contributed by atoms with Crippen molar-refractivity contribution in [2.24, 2.45) is 5.73 Å². The second-order valence-electron chi connectivity index (χ2n) is 8.41. The maximum Gasteiger partial charge on any atom is 0.414 e. The number of ether oxygens (including phenoxy) is 2. The van der Waals surface area contributed by atoms with Crippen LogP contribution < -0.4 is 31.0 Å². The van der Waals surface area contributed by atoms with Crippen LogP contribution >= 0.6 is 0 Å². The number of nitrogens with zero attached hydrogens (tertiary/aromatic N) is 6. The summed E-state index contributed by atoms with van der Waals surface area (Å²) in [6.07, 6.45) is 6.66. The zero-order valence-corrected chi connectivity index (χ0v) is 20.3. The van der Waals surface area contributed by atoms with Crippen molar-refractivity contribution in [3.05, 3.63) is 34.9 Å². The van der Waals surface area contributed by atoms with Crippen molar-refractivity contribution in [3.63, 3.8) is 0 Å². The molecule has 0 bridgehead atoms. The Morgan fingerprint density at radius 1 is 1.22 bits per heavy atom. The maximum absolute atomic E-state index is 11.6. The van der Waals surface area contributed by atoms with E-state index in [0.29, 0.717) is 24.5 Å². The zero-order chi connectivity index (χ0) is 26.4. The van der Waals surface area contributed by atoms with Gasteiger partial charge < -0.3 is 25.6 Å². The van der Waals surface area contributed by atoms with Gasteiger partial charge >= 0.3 is 12.1 Å². The Kier molecular flexibility index (Phi) is 8.08. The topological polar surface area (TPSA) is 188 Å². The number of amides is 2. The SMILES string of the molecule is COc1ncc2ccc(=O)n(CCN)c2n1.O=C1COc2cnc(N(C(=O)O)C3CCCCC3)nc2N1. The molecule has 4 N–H and O–H groups in total. The molecule has 5 rings (SSSR count). The van der Waals surface area contributed by atoms with E-state index in [-0.39, 0.29) is 41.9 Å². The minimum absolute atomic E-state index is 0.0824. The third kappa shape index (κ3) is 5.91. The first kappa shape index (κ1) is 25.8. The minimum atomic E-state index is -1.08. The van der Waals surface area contributed by atoms with Gasteiger partial charge in [-0.15, -0.1) is 0 Å². The fourth-order valence-electron chi connectivity index (χ4n) is 4.23. The van der Waals surface area contributed by atoms with E-state index in [9.17, 15) is 19.5 Å². The number of rotatable bonds is 5. The number of aromatic nitrogens is 5. The lowest BCUT2D eigenvalue weighted by Crippen LogP contribution is -2.42. The Morgan fingerprint density at radius 2 is 2.00 bits per heavy atom. The molecule has 0 aromatic carbocycles. The number of nitrogens with one attached hydrogen (secondary N) is 1. The number of hydrogen-bond donors (Lipinski definition) is 3. The Morgan fingerprint density at radius 3 is 2.70 bits per heavy atom. The second kappa shape index (κ2) is 11.6. The van der Waals surface area contributed by atoms with Gasteiger partial charge in [-0.3, -0.25) is 14.2 Å². The van der Waals surface area contributed by atoms with Crippen LogP contribution in [0.5, 0.6) is 11.8 Å². The predicted molar refractivity (Wildman–Crippen MR) is 133 cm³/mol. The Hall–Kier alpha value is -4.33. The van der Waals surface area contributed by atoms with Crippen molar-refractivity contribution >= 4 is 34.8 Å². The van der Waals surface area contributed by atoms with Crippen molar-refractivity contribution in [2.75, 3.05) is 30.5 Å². The molecule has 0 spiro atoms. The highest BCUT2D eigenvalue weighted by atomic mass is 16.5. The van der Waals surface area contributed by atoms with Gasteiger partial charge in [-0.25, -0.2) is 19.7 Å². The largest absolute Gasteiger partial charge is 0.478 e. The summed E-state index contributed by atoms with van der Waals surface area (Å²) >= 11 is 0. The van der Waals surface area contributed by atoms with E-state index >= 15 is 0 Å². The van der Waals surface area contributed by atoms with Gasteiger partial charge in [0.2, 0.25) is 5.95 Å². The molecule has 2 amide bonds. The molecule has 0 radical (unpaired) electrons. The number of hydrogen-bond acceptors (Lipinski definition) is 10. The first-order valence-electron chi connectivity index (χ1n) is 11.8. The molecule has 3 aromatic rings. The zero-order valence-electron chi connectivity index (χ0n) is 20.3. The van der Waals surface area contributed by atoms with E-state index < -0.39 is 6.09 Å². The van der Waals surface area contributed by atoms with Crippen LogP contribution in [0.2, 0.25) is 0 Å². The van der Waals surface area contributed by atoms with Crippen LogP contribution in [0, 0.1) is 0 Å². The summed E-state index contributed by atoms with van der Waals surface area (Å²) in [4.78, 5) is 52.0. The number of nitrogens with two attached hydrogens (primary N) is 1. The lowest BCUT2D eigenvalue weighted by molar-refractivity contribution is -0.118. The molecule has 0 atom stereocenters. The molecule has 14 heteroatoms. The van der Waals surface area contributed by atoms with E-state index in [1.807, 2.05) is 0 Å². The fraction of sp³-hybridized carbons (Fsp3) is 0.435. The lowest BCUT2D eigenvalue weighted by atomic mass is 9.94. The van der Waals surface area contributed by atoms with Gasteiger partial charge in [-0.2, -0.15) is 9.97 Å². The highest BCUT2D eigenvalue weighted by molar-refractivity contribution is 5.94. The number of anilines is 2. The number of pyridine rings is 1. The number of carboxylic acid groups (broad SMARTS) is 1. The van der Waals surface area contributed by atoms with Crippen LogP contribution in [-0.2, 0) is 11.3 Å². The van der Waals surface area contributed by atoms with E-state index in [0.717, 1.165) is 37.5 Å². The maximum atomic E-state index is 11.6. The summed E-state index contributed by atoms with van der Waals surface area (Å²) in [5.74, 6) is 0.344. The van der Waals surface area contributed by atoms with Gasteiger partial charge in [0.1, 0.15) is 5.65 Å². The molecule has 2 aliphatic rings. The number of carbonyl (C=O) groups is 2. The molecule has 0 saturated heterocycles. The van der Waals surface area contributed by atoms with E-state index in [2.05, 4.69) is 25.3 Å². The lowest BCUT2D eigenvalue weighted by Gasteiger charge is -2.31. The molecule has 37 heavy (non-hydrogen) atoms. The van der Waals surface area contributed by atoms with Crippen molar-refractivity contribution in [1.29, 1.82) is 0 Å². The molecule has 4 heterocycles. The van der Waals surface area contributed by atoms with Gasteiger partial charge in [-0.1, -0.05) is 19.3 Å². The summed E-state index contributed by atoms with van der Waals surface area (Å²) < 4.78 is 11.6. The normalized spacial score (nSPS) is 15.0. The first-order chi connectivity index (χ1) is 17.9. The Bertz CT molecular complexity index is 1340. The highest BCUT2D eigenvalue weighted by Gasteiger charge is 2.30. The minimum Gasteiger partial charge on any atom is -0.478 e. The van der Waals surface area contributed by atoms with Gasteiger partial charge in [-0.05, 0) is 18.9 Å². The third-order valence-electron chi connectivity index (χ3n) is 5.96. The van der Waals surface area contributed by atoms with Crippen LogP contribution in [0.3, 0.4) is 0 Å². The number of fused-ring (bicyclic) bond motifs is 2. The van der Waals surface area contributed by atoms with Crippen molar-refractivity contribution in [1.82, 2.24) is 24.5 Å². The monoisotopic (exact) mass is 512 g/mol. The van der Waals surface area contributed by atoms with Gasteiger partial charge in [0.15, 0.2) is 18.2 Å². The molecule has 3 aromatic heterocycles. The summed E-state index contributed by atoms with van der Waals surface area (Å²) in [6.45, 7) is 0.725. The molecular weight excluding hydrogens is 484 g/mol. The Balaban J connectivity index is 0.000000180. The standard InChI is InChI=1S/C13H16N4O4.C10H12N4O2/c18-10-7-21-9-6-14-12(16-11(9)15-10)17(13(19)20)8-4-2-1-3-5-8;1-16-10-12-6-7-2-3-8(15)14(5-4-11)9(7)13-10/h6,8H,1-5,7H2,(H,19,20)(H,14,15,16,18);2-3,6H,4-5,11H2,1H3. The third-order valence-corrected chi connectivity index (χ3v) is 5.96. The van der Waals surface area contributed by atoms with Gasteiger partial charge in [0, 0.05) is 36.8 Å². The quantitative estimate of drug-likeness (QED) is 0.448. The predicted octanol–water partition coefficient (Wildman–Crippen LogP) is 1.38. The Labute approximate surface area is 211 Å². The van der Waals surface area contributed by atoms with Crippen LogP contribution in [0.15, 0.2) is 29.3 Å². The smallest absolute Gasteiger partial charge is 0.414 e. The van der Waals surface area contributed by atoms with Gasteiger partial charge in [0.05, 0.1) is 13.3 Å². The highest BCUT2D eigenvalue weighted by Crippen LogP contribution is 2.30. The molecule has 196 valence electrons. The summed E-state index contributed by atoms with van der Waals surface area (Å²) in [5, 5.41) is 12.8. The van der Waals surface area contributed by atoms with Crippen LogP contribution in [0.4, 0.5) is 16.6 Å². The molecule has 1 fully saturated rings. The molecule has 0 unspecified atom stereocenters. The van der Waals surface area contributed by atoms with Gasteiger partial charge in [0.25, 0.3) is 11.5 Å². The van der Waals surface area contributed by atoms with Crippen molar-refractivity contribution in [2.45, 2.75) is 44.7 Å². The average molecular weight is 513 g/mol. The van der Waals surface area contributed by atoms with E-state index in [4.69, 9.17) is 15.2 Å². The number of carbonyl (C=O) groups excluding carboxylic acids is 1. The summed E-state index contributed by atoms with van der Waals surface area (Å²) in [5.41, 5.74) is 5.88. The van der Waals surface area contributed by atoms with E-state index in [1.165, 1.54) is 28.8 Å². The molecule has 1 aliphatic heterocycles. The number of methoxy groups -OCH3 is 1. The average Bonchev–Trinajstić information content (AvgIpc) is 2.91. The first-order valence-corrected chi connectivity index (χ1v) is 11.8. The molecule has 14 nitrogen and oxygen atoms in total. The molecule has 1 aliphatic carbocycles. The van der Waals surface area contributed by atoms with Crippen LogP contribution in [0.1, 0.15) is 32.1 Å². The second-order valence-corrected chi connectivity index (χ2v) is 8.41. The van der Waals surface area contributed by atoms with Crippen molar-refractivity contribution in [3.8, 4) is 11.8 Å². The summed E-state index contributed by atoms with van der Waals surface area (Å²) in [7, 11) is 1.48. The van der Waals surface area contributed by atoms with Crippen LogP contribution in [0.25, 0.3) is 11.0 Å².